The van der Waals surface area contributed by atoms with E-state index < -0.39 is 0 Å². The first kappa shape index (κ1) is 11.6. The van der Waals surface area contributed by atoms with E-state index in [1.807, 2.05) is 4.68 Å². The summed E-state index contributed by atoms with van der Waals surface area (Å²) in [6.07, 6.45) is 6.76. The molecule has 2 aliphatic rings. The van der Waals surface area contributed by atoms with Crippen LogP contribution in [0, 0.1) is 5.41 Å². The number of aromatic nitrogens is 3. The largest absolute Gasteiger partial charge is 0.295 e. The van der Waals surface area contributed by atoms with Crippen LogP contribution in [0.2, 0.25) is 0 Å². The van der Waals surface area contributed by atoms with E-state index in [0.717, 1.165) is 30.7 Å². The van der Waals surface area contributed by atoms with Gasteiger partial charge in [-0.25, -0.2) is 4.68 Å². The van der Waals surface area contributed by atoms with Crippen LogP contribution in [0.15, 0.2) is 6.08 Å². The van der Waals surface area contributed by atoms with Gasteiger partial charge in [0.2, 0.25) is 0 Å². The summed E-state index contributed by atoms with van der Waals surface area (Å²) in [4.78, 5) is 11.8. The topological polar surface area (TPSA) is 47.8 Å². The molecular formula is C14H19N3O. The molecule has 0 N–H and O–H groups in total. The molecule has 0 saturated heterocycles. The highest BCUT2D eigenvalue weighted by molar-refractivity contribution is 5.98. The van der Waals surface area contributed by atoms with Crippen LogP contribution in [0.4, 0.5) is 0 Å². The Balaban J connectivity index is 2.00. The van der Waals surface area contributed by atoms with Gasteiger partial charge in [-0.2, -0.15) is 0 Å². The first-order chi connectivity index (χ1) is 8.55. The third-order valence-electron chi connectivity index (χ3n) is 3.83. The van der Waals surface area contributed by atoms with E-state index in [-0.39, 0.29) is 11.2 Å². The Bertz CT molecular complexity index is 525. The molecule has 0 amide bonds. The van der Waals surface area contributed by atoms with E-state index in [1.165, 1.54) is 18.5 Å². The molecule has 1 aromatic rings. The van der Waals surface area contributed by atoms with E-state index in [1.54, 1.807) is 6.08 Å². The van der Waals surface area contributed by atoms with Gasteiger partial charge in [0, 0.05) is 13.0 Å². The molecule has 4 nitrogen and oxygen atoms in total. The Morgan fingerprint density at radius 1 is 1.28 bits per heavy atom. The van der Waals surface area contributed by atoms with Gasteiger partial charge in [0.1, 0.15) is 5.69 Å². The molecule has 0 spiro atoms. The number of hydrogen-bond donors (Lipinski definition) is 0. The van der Waals surface area contributed by atoms with E-state index in [4.69, 9.17) is 0 Å². The molecular weight excluding hydrogens is 226 g/mol. The van der Waals surface area contributed by atoms with Crippen LogP contribution in [-0.2, 0) is 17.8 Å². The molecule has 0 atom stereocenters. The minimum Gasteiger partial charge on any atom is -0.295 e. The Morgan fingerprint density at radius 2 is 2.11 bits per heavy atom. The van der Waals surface area contributed by atoms with Crippen LogP contribution in [0.1, 0.15) is 50.9 Å². The molecule has 0 bridgehead atoms. The summed E-state index contributed by atoms with van der Waals surface area (Å²) in [5, 5.41) is 8.53. The number of allylic oxidation sites excluding steroid dienone is 2. The third kappa shape index (κ3) is 2.00. The van der Waals surface area contributed by atoms with Crippen molar-refractivity contribution in [2.45, 2.75) is 52.5 Å². The van der Waals surface area contributed by atoms with Crippen molar-refractivity contribution in [3.05, 3.63) is 17.5 Å². The van der Waals surface area contributed by atoms with Gasteiger partial charge in [-0.15, -0.1) is 5.10 Å². The average Bonchev–Trinajstić information content (AvgIpc) is 2.69. The average molecular weight is 245 g/mol. The van der Waals surface area contributed by atoms with Gasteiger partial charge in [-0.1, -0.05) is 19.1 Å². The van der Waals surface area contributed by atoms with Crippen molar-refractivity contribution in [3.63, 3.8) is 0 Å². The quantitative estimate of drug-likeness (QED) is 0.763. The van der Waals surface area contributed by atoms with Gasteiger partial charge in [-0.05, 0) is 42.7 Å². The normalized spacial score (nSPS) is 22.6. The molecule has 96 valence electrons. The monoisotopic (exact) mass is 245 g/mol. The van der Waals surface area contributed by atoms with Crippen molar-refractivity contribution < 1.29 is 4.79 Å². The lowest BCUT2D eigenvalue weighted by atomic mass is 9.75. The second kappa shape index (κ2) is 4.04. The van der Waals surface area contributed by atoms with Gasteiger partial charge >= 0.3 is 0 Å². The van der Waals surface area contributed by atoms with Crippen molar-refractivity contribution in [2.75, 3.05) is 0 Å². The van der Waals surface area contributed by atoms with E-state index in [0.29, 0.717) is 6.42 Å². The van der Waals surface area contributed by atoms with Crippen molar-refractivity contribution in [1.29, 1.82) is 0 Å². The molecule has 1 aliphatic carbocycles. The highest BCUT2D eigenvalue weighted by Gasteiger charge is 2.30. The summed E-state index contributed by atoms with van der Waals surface area (Å²) in [5.74, 6) is 0.221. The molecule has 0 aromatic carbocycles. The zero-order valence-electron chi connectivity index (χ0n) is 11.1. The van der Waals surface area contributed by atoms with E-state index >= 15 is 0 Å². The van der Waals surface area contributed by atoms with Crippen molar-refractivity contribution in [3.8, 4) is 0 Å². The van der Waals surface area contributed by atoms with E-state index in [2.05, 4.69) is 24.2 Å². The second-order valence-corrected chi connectivity index (χ2v) is 6.22. The first-order valence-electron chi connectivity index (χ1n) is 6.71. The summed E-state index contributed by atoms with van der Waals surface area (Å²) >= 11 is 0. The molecule has 18 heavy (non-hydrogen) atoms. The number of nitrogens with zero attached hydrogens (tertiary/aromatic N) is 3. The van der Waals surface area contributed by atoms with Gasteiger partial charge in [-0.3, -0.25) is 4.79 Å². The molecule has 1 aromatic heterocycles. The molecule has 0 saturated carbocycles. The summed E-state index contributed by atoms with van der Waals surface area (Å²) in [5.41, 5.74) is 3.32. The lowest BCUT2D eigenvalue weighted by Gasteiger charge is -2.28. The molecule has 0 unspecified atom stereocenters. The summed E-state index contributed by atoms with van der Waals surface area (Å²) < 4.78 is 2.01. The number of fused-ring (bicyclic) bond motifs is 1. The maximum Gasteiger partial charge on any atom is 0.156 e. The molecule has 4 heteroatoms. The SMILES string of the molecule is CC1(C)CC(=O)C=C(c2nnn3c2CCCC3)C1. The maximum absolute atomic E-state index is 11.8. The molecule has 2 heterocycles. The van der Waals surface area contributed by atoms with Gasteiger partial charge in [0.25, 0.3) is 0 Å². The fourth-order valence-electron chi connectivity index (χ4n) is 3.06. The van der Waals surface area contributed by atoms with Crippen LogP contribution < -0.4 is 0 Å². The predicted molar refractivity (Wildman–Crippen MR) is 69.0 cm³/mol. The van der Waals surface area contributed by atoms with Crippen LogP contribution in [0.3, 0.4) is 0 Å². The number of rotatable bonds is 1. The zero-order valence-corrected chi connectivity index (χ0v) is 11.1. The van der Waals surface area contributed by atoms with Crippen molar-refractivity contribution in [1.82, 2.24) is 15.0 Å². The van der Waals surface area contributed by atoms with Gasteiger partial charge in [0.15, 0.2) is 5.78 Å². The van der Waals surface area contributed by atoms with E-state index in [9.17, 15) is 4.79 Å². The minimum absolute atomic E-state index is 0.0479. The molecule has 0 radical (unpaired) electrons. The maximum atomic E-state index is 11.8. The summed E-state index contributed by atoms with van der Waals surface area (Å²) in [6.45, 7) is 5.26. The molecule has 3 rings (SSSR count). The second-order valence-electron chi connectivity index (χ2n) is 6.22. The first-order valence-corrected chi connectivity index (χ1v) is 6.71. The lowest BCUT2D eigenvalue weighted by molar-refractivity contribution is -0.116. The highest BCUT2D eigenvalue weighted by atomic mass is 16.1. The van der Waals surface area contributed by atoms with Crippen LogP contribution in [0.5, 0.6) is 0 Å². The van der Waals surface area contributed by atoms with Crippen LogP contribution in [0.25, 0.3) is 5.57 Å². The number of hydrogen-bond acceptors (Lipinski definition) is 3. The van der Waals surface area contributed by atoms with Crippen LogP contribution in [-0.4, -0.2) is 20.8 Å². The fourth-order valence-corrected chi connectivity index (χ4v) is 3.06. The minimum atomic E-state index is 0.0479. The molecule has 1 aliphatic heterocycles. The highest BCUT2D eigenvalue weighted by Crippen LogP contribution is 2.38. The Labute approximate surface area is 107 Å². The number of carbonyl (C=O) groups excluding carboxylic acids is 1. The number of ketones is 1. The lowest BCUT2D eigenvalue weighted by Crippen LogP contribution is -2.22. The smallest absolute Gasteiger partial charge is 0.156 e. The number of carbonyl (C=O) groups is 1. The standard InChI is InChI=1S/C14H19N3O/c1-14(2)8-10(7-11(18)9-14)13-12-5-3-4-6-17(12)16-15-13/h7H,3-6,8-9H2,1-2H3. The predicted octanol–water partition coefficient (Wildman–Crippen LogP) is 2.39. The summed E-state index contributed by atoms with van der Waals surface area (Å²) in [7, 11) is 0. The Morgan fingerprint density at radius 3 is 2.89 bits per heavy atom. The van der Waals surface area contributed by atoms with Gasteiger partial charge < -0.3 is 0 Å². The number of aryl methyl sites for hydroxylation is 1. The van der Waals surface area contributed by atoms with Crippen molar-refractivity contribution >= 4 is 11.4 Å². The van der Waals surface area contributed by atoms with Crippen LogP contribution >= 0.6 is 0 Å². The fraction of sp³-hybridized carbons (Fsp3) is 0.643. The Hall–Kier alpha value is -1.45. The van der Waals surface area contributed by atoms with Gasteiger partial charge in [0.05, 0.1) is 5.69 Å². The van der Waals surface area contributed by atoms with Crippen molar-refractivity contribution in [2.24, 2.45) is 5.41 Å². The summed E-state index contributed by atoms with van der Waals surface area (Å²) in [6, 6.07) is 0. The molecule has 0 fully saturated rings. The zero-order chi connectivity index (χ0) is 12.8. The Kier molecular flexibility index (Phi) is 2.61. The third-order valence-corrected chi connectivity index (χ3v) is 3.83.